The second-order valence-corrected chi connectivity index (χ2v) is 7.19. The van der Waals surface area contributed by atoms with Gasteiger partial charge in [-0.05, 0) is 25.3 Å². The van der Waals surface area contributed by atoms with Crippen LogP contribution in [0, 0.1) is 0 Å². The Labute approximate surface area is 127 Å². The molecule has 0 bridgehead atoms. The number of carbonyl (C=O) groups excluding carboxylic acids is 2. The molecule has 21 heavy (non-hydrogen) atoms. The van der Waals surface area contributed by atoms with Crippen molar-refractivity contribution in [1.82, 2.24) is 0 Å². The molecular formula is C15H27O5P. The summed E-state index contributed by atoms with van der Waals surface area (Å²) in [6.45, 7) is 5.35. The first kappa shape index (κ1) is 20.2. The highest BCUT2D eigenvalue weighted by Crippen LogP contribution is 2.34. The summed E-state index contributed by atoms with van der Waals surface area (Å²) in [4.78, 5) is 39.8. The van der Waals surface area contributed by atoms with Gasteiger partial charge < -0.3 is 9.79 Å². The van der Waals surface area contributed by atoms with Crippen LogP contribution in [0.5, 0.6) is 0 Å². The lowest BCUT2D eigenvalue weighted by atomic mass is 10.0. The van der Waals surface area contributed by atoms with Gasteiger partial charge in [0.15, 0.2) is 5.78 Å². The second kappa shape index (κ2) is 10.9. The van der Waals surface area contributed by atoms with Gasteiger partial charge in [-0.25, -0.2) is 0 Å². The van der Waals surface area contributed by atoms with E-state index in [1.54, 1.807) is 6.92 Å². The SMILES string of the molecule is C=C(C)C(=O)CCCCCCCCCC(=O)CP(=O)(O)O. The van der Waals surface area contributed by atoms with Gasteiger partial charge in [0.25, 0.3) is 0 Å². The molecular weight excluding hydrogens is 291 g/mol. The lowest BCUT2D eigenvalue weighted by Crippen LogP contribution is -2.04. The summed E-state index contributed by atoms with van der Waals surface area (Å²) in [6.07, 6.45) is 6.84. The van der Waals surface area contributed by atoms with E-state index in [1.165, 1.54) is 0 Å². The molecule has 2 N–H and O–H groups in total. The second-order valence-electron chi connectivity index (χ2n) is 5.54. The average molecular weight is 318 g/mol. The van der Waals surface area contributed by atoms with E-state index in [9.17, 15) is 14.2 Å². The van der Waals surface area contributed by atoms with E-state index in [0.717, 1.165) is 38.5 Å². The van der Waals surface area contributed by atoms with E-state index in [4.69, 9.17) is 9.79 Å². The van der Waals surface area contributed by atoms with E-state index in [1.807, 2.05) is 0 Å². The lowest BCUT2D eigenvalue weighted by Gasteiger charge is -2.04. The smallest absolute Gasteiger partial charge is 0.324 e. The number of Topliss-reactive ketones (excluding diaryl/α,β-unsaturated/α-hetero) is 2. The summed E-state index contributed by atoms with van der Waals surface area (Å²) >= 11 is 0. The van der Waals surface area contributed by atoms with Crippen molar-refractivity contribution in [2.24, 2.45) is 0 Å². The minimum Gasteiger partial charge on any atom is -0.324 e. The number of hydrogen-bond acceptors (Lipinski definition) is 3. The zero-order valence-electron chi connectivity index (χ0n) is 12.8. The third kappa shape index (κ3) is 13.9. The molecule has 122 valence electrons. The molecule has 6 heteroatoms. The van der Waals surface area contributed by atoms with Gasteiger partial charge in [0.2, 0.25) is 0 Å². The fraction of sp³-hybridized carbons (Fsp3) is 0.733. The van der Waals surface area contributed by atoms with E-state index < -0.39 is 13.8 Å². The number of allylic oxidation sites excluding steroid dienone is 1. The Morgan fingerprint density at radius 2 is 1.33 bits per heavy atom. The fourth-order valence-corrected chi connectivity index (χ4v) is 2.63. The standard InChI is InChI=1S/C15H27O5P/c1-13(2)15(17)11-9-7-5-3-4-6-8-10-14(16)12-21(18,19)20/h1,3-12H2,2H3,(H2,18,19,20). The van der Waals surface area contributed by atoms with E-state index in [-0.39, 0.29) is 18.0 Å². The summed E-state index contributed by atoms with van der Waals surface area (Å²) in [6, 6.07) is 0. The third-order valence-corrected chi connectivity index (χ3v) is 3.98. The molecule has 0 atom stereocenters. The van der Waals surface area contributed by atoms with Crippen LogP contribution in [0.15, 0.2) is 12.2 Å². The molecule has 0 aromatic heterocycles. The Kier molecular flexibility index (Phi) is 10.5. The Morgan fingerprint density at radius 3 is 1.76 bits per heavy atom. The molecule has 0 aliphatic heterocycles. The minimum absolute atomic E-state index is 0.138. The topological polar surface area (TPSA) is 91.7 Å². The largest absolute Gasteiger partial charge is 0.332 e. The Bertz CT molecular complexity index is 397. The van der Waals surface area contributed by atoms with Gasteiger partial charge in [0.1, 0.15) is 11.9 Å². The maximum atomic E-state index is 11.3. The van der Waals surface area contributed by atoms with E-state index >= 15 is 0 Å². The molecule has 0 fully saturated rings. The van der Waals surface area contributed by atoms with Crippen LogP contribution in [-0.2, 0) is 14.2 Å². The predicted molar refractivity (Wildman–Crippen MR) is 83.3 cm³/mol. The molecule has 5 nitrogen and oxygen atoms in total. The van der Waals surface area contributed by atoms with Gasteiger partial charge >= 0.3 is 7.60 Å². The summed E-state index contributed by atoms with van der Waals surface area (Å²) in [7, 11) is -4.19. The van der Waals surface area contributed by atoms with Crippen LogP contribution in [0.1, 0.15) is 64.7 Å². The first-order chi connectivity index (χ1) is 9.72. The first-order valence-electron chi connectivity index (χ1n) is 7.47. The number of hydrogen-bond donors (Lipinski definition) is 2. The molecule has 0 aromatic carbocycles. The molecule has 0 aromatic rings. The van der Waals surface area contributed by atoms with E-state index in [0.29, 0.717) is 18.4 Å². The highest BCUT2D eigenvalue weighted by molar-refractivity contribution is 7.52. The van der Waals surface area contributed by atoms with Crippen molar-refractivity contribution >= 4 is 19.2 Å². The number of unbranched alkanes of at least 4 members (excludes halogenated alkanes) is 6. The molecule has 0 unspecified atom stereocenters. The van der Waals surface area contributed by atoms with Gasteiger partial charge in [-0.3, -0.25) is 14.2 Å². The third-order valence-electron chi connectivity index (χ3n) is 3.22. The summed E-state index contributed by atoms with van der Waals surface area (Å²) in [5.74, 6) is -0.222. The number of ketones is 2. The van der Waals surface area contributed by atoms with Crippen molar-refractivity contribution < 1.29 is 23.9 Å². The molecule has 0 heterocycles. The van der Waals surface area contributed by atoms with Crippen LogP contribution in [0.3, 0.4) is 0 Å². The van der Waals surface area contributed by atoms with Crippen molar-refractivity contribution in [1.29, 1.82) is 0 Å². The number of carbonyl (C=O) groups is 2. The van der Waals surface area contributed by atoms with Crippen LogP contribution >= 0.6 is 7.60 Å². The molecule has 0 saturated carbocycles. The highest BCUT2D eigenvalue weighted by Gasteiger charge is 2.18. The summed E-state index contributed by atoms with van der Waals surface area (Å²) < 4.78 is 10.6. The Hall–Kier alpha value is -0.770. The molecule has 0 aliphatic rings. The van der Waals surface area contributed by atoms with Crippen LogP contribution in [-0.4, -0.2) is 27.5 Å². The molecule has 0 aliphatic carbocycles. The molecule has 0 spiro atoms. The quantitative estimate of drug-likeness (QED) is 0.308. The van der Waals surface area contributed by atoms with Gasteiger partial charge in [0.05, 0.1) is 0 Å². The van der Waals surface area contributed by atoms with Gasteiger partial charge in [-0.2, -0.15) is 0 Å². The van der Waals surface area contributed by atoms with Crippen molar-refractivity contribution in [2.75, 3.05) is 6.16 Å². The van der Waals surface area contributed by atoms with Gasteiger partial charge in [-0.15, -0.1) is 0 Å². The molecule has 0 rings (SSSR count). The molecule has 0 amide bonds. The van der Waals surface area contributed by atoms with Crippen molar-refractivity contribution in [3.8, 4) is 0 Å². The summed E-state index contributed by atoms with van der Waals surface area (Å²) in [5, 5.41) is 0. The van der Waals surface area contributed by atoms with Crippen LogP contribution < -0.4 is 0 Å². The fourth-order valence-electron chi connectivity index (χ4n) is 2.01. The Morgan fingerprint density at radius 1 is 0.905 bits per heavy atom. The highest BCUT2D eigenvalue weighted by atomic mass is 31.2. The lowest BCUT2D eigenvalue weighted by molar-refractivity contribution is -0.117. The zero-order valence-corrected chi connectivity index (χ0v) is 13.7. The van der Waals surface area contributed by atoms with Crippen molar-refractivity contribution in [3.05, 3.63) is 12.2 Å². The van der Waals surface area contributed by atoms with E-state index in [2.05, 4.69) is 6.58 Å². The maximum Gasteiger partial charge on any atom is 0.332 e. The van der Waals surface area contributed by atoms with Crippen molar-refractivity contribution in [2.45, 2.75) is 64.7 Å². The number of rotatable bonds is 13. The predicted octanol–water partition coefficient (Wildman–Crippen LogP) is 3.39. The normalized spacial score (nSPS) is 11.4. The monoisotopic (exact) mass is 318 g/mol. The van der Waals surface area contributed by atoms with Gasteiger partial charge in [0, 0.05) is 12.8 Å². The molecule has 0 saturated heterocycles. The maximum absolute atomic E-state index is 11.3. The van der Waals surface area contributed by atoms with Crippen molar-refractivity contribution in [3.63, 3.8) is 0 Å². The zero-order chi connectivity index (χ0) is 16.3. The minimum atomic E-state index is -4.19. The van der Waals surface area contributed by atoms with Crippen LogP contribution in [0.2, 0.25) is 0 Å². The molecule has 0 radical (unpaired) electrons. The average Bonchev–Trinajstić information content (AvgIpc) is 2.34. The van der Waals surface area contributed by atoms with Crippen LogP contribution in [0.25, 0.3) is 0 Å². The first-order valence-corrected chi connectivity index (χ1v) is 9.27. The summed E-state index contributed by atoms with van der Waals surface area (Å²) in [5.41, 5.74) is 0.620. The Balaban J connectivity index is 3.37. The van der Waals surface area contributed by atoms with Gasteiger partial charge in [-0.1, -0.05) is 38.7 Å². The van der Waals surface area contributed by atoms with Crippen LogP contribution in [0.4, 0.5) is 0 Å².